The van der Waals surface area contributed by atoms with Crippen LogP contribution in [0.15, 0.2) is 63.8 Å². The third-order valence-corrected chi connectivity index (χ3v) is 2.97. The van der Waals surface area contributed by atoms with E-state index in [9.17, 15) is 20.2 Å². The van der Waals surface area contributed by atoms with Crippen LogP contribution in [0.25, 0.3) is 0 Å². The predicted molar refractivity (Wildman–Crippen MR) is 103 cm³/mol. The molecule has 27 heavy (non-hydrogen) atoms. The minimum atomic E-state index is -0.496. The van der Waals surface area contributed by atoms with E-state index < -0.39 is 9.85 Å². The number of nitrogens with zero attached hydrogens (tertiary/aromatic N) is 5. The third kappa shape index (κ3) is 6.88. The van der Waals surface area contributed by atoms with Gasteiger partial charge in [0.25, 0.3) is 11.4 Å². The van der Waals surface area contributed by atoms with Gasteiger partial charge in [-0.2, -0.15) is 10.2 Å². The van der Waals surface area contributed by atoms with E-state index in [1.807, 2.05) is 0 Å². The molecule has 0 aliphatic heterocycles. The summed E-state index contributed by atoms with van der Waals surface area (Å²) < 4.78 is 0. The van der Waals surface area contributed by atoms with Gasteiger partial charge in [0.05, 0.1) is 22.3 Å². The van der Waals surface area contributed by atoms with Gasteiger partial charge in [0.1, 0.15) is 0 Å². The van der Waals surface area contributed by atoms with Gasteiger partial charge in [-0.05, 0) is 35.4 Å². The normalized spacial score (nSPS) is 11.3. The van der Waals surface area contributed by atoms with Crippen LogP contribution in [-0.4, -0.2) is 28.2 Å². The van der Waals surface area contributed by atoms with Gasteiger partial charge >= 0.3 is 0 Å². The van der Waals surface area contributed by atoms with Gasteiger partial charge in [-0.1, -0.05) is 0 Å². The Balaban J connectivity index is 0.00000364. The number of benzene rings is 2. The number of hydrogen-bond acceptors (Lipinski definition) is 7. The Morgan fingerprint density at radius 1 is 0.889 bits per heavy atom. The number of nitrogens with one attached hydrogen (secondary N) is 1. The zero-order chi connectivity index (χ0) is 18.9. The van der Waals surface area contributed by atoms with Crippen molar-refractivity contribution in [2.45, 2.75) is 0 Å². The summed E-state index contributed by atoms with van der Waals surface area (Å²) in [6, 6.07) is 11.5. The molecule has 12 heteroatoms. The van der Waals surface area contributed by atoms with Crippen LogP contribution in [0.2, 0.25) is 0 Å². The molecule has 0 radical (unpaired) electrons. The lowest BCUT2D eigenvalue weighted by Crippen LogP contribution is -2.26. The Hall–Kier alpha value is -3.86. The zero-order valence-electron chi connectivity index (χ0n) is 13.6. The molecule has 2 aromatic carbocycles. The van der Waals surface area contributed by atoms with E-state index in [1.54, 1.807) is 0 Å². The Bertz CT molecular complexity index is 880. The average molecular weight is 392 g/mol. The molecule has 0 heterocycles. The summed E-state index contributed by atoms with van der Waals surface area (Å²) in [6.45, 7) is 0. The van der Waals surface area contributed by atoms with Gasteiger partial charge in [0.2, 0.25) is 5.96 Å². The molecule has 3 N–H and O–H groups in total. The number of halogens is 1. The highest BCUT2D eigenvalue weighted by Crippen LogP contribution is 2.11. The molecule has 0 fully saturated rings. The van der Waals surface area contributed by atoms with Crippen molar-refractivity contribution in [3.05, 3.63) is 79.9 Å². The number of nitro benzene ring substituents is 2. The summed E-state index contributed by atoms with van der Waals surface area (Å²) in [5.74, 6) is -0.0821. The lowest BCUT2D eigenvalue weighted by molar-refractivity contribution is -0.385. The summed E-state index contributed by atoms with van der Waals surface area (Å²) in [5.41, 5.74) is 9.21. The minimum Gasteiger partial charge on any atom is -0.367 e. The van der Waals surface area contributed by atoms with Crippen LogP contribution in [-0.2, 0) is 0 Å². The summed E-state index contributed by atoms with van der Waals surface area (Å²) >= 11 is 0. The van der Waals surface area contributed by atoms with E-state index in [4.69, 9.17) is 5.73 Å². The molecule has 2 aromatic rings. The number of hydrazone groups is 1. The fraction of sp³-hybridized carbons (Fsp3) is 0. The molecule has 0 unspecified atom stereocenters. The quantitative estimate of drug-likeness (QED) is 0.332. The Morgan fingerprint density at radius 3 is 1.78 bits per heavy atom. The van der Waals surface area contributed by atoms with Crippen LogP contribution in [0.3, 0.4) is 0 Å². The van der Waals surface area contributed by atoms with Crippen LogP contribution < -0.4 is 11.2 Å². The molecule has 0 spiro atoms. The van der Waals surface area contributed by atoms with Crippen LogP contribution >= 0.6 is 12.4 Å². The van der Waals surface area contributed by atoms with Crippen LogP contribution in [0.4, 0.5) is 11.4 Å². The topological polar surface area (TPSA) is 161 Å². The van der Waals surface area contributed by atoms with Crippen LogP contribution in [0.5, 0.6) is 0 Å². The van der Waals surface area contributed by atoms with Gasteiger partial charge < -0.3 is 5.73 Å². The van der Waals surface area contributed by atoms with Crippen molar-refractivity contribution in [3.63, 3.8) is 0 Å². The molecule has 0 amide bonds. The van der Waals surface area contributed by atoms with E-state index in [-0.39, 0.29) is 29.7 Å². The van der Waals surface area contributed by atoms with Gasteiger partial charge in [-0.3, -0.25) is 20.2 Å². The van der Waals surface area contributed by atoms with E-state index in [1.165, 1.54) is 61.0 Å². The van der Waals surface area contributed by atoms with E-state index in [0.717, 1.165) is 0 Å². The van der Waals surface area contributed by atoms with Crippen molar-refractivity contribution in [3.8, 4) is 0 Å². The maximum absolute atomic E-state index is 10.5. The first-order chi connectivity index (χ1) is 12.5. The van der Waals surface area contributed by atoms with Crippen molar-refractivity contribution in [2.24, 2.45) is 21.0 Å². The molecule has 0 saturated carbocycles. The molecular formula is C15H14ClN7O4. The fourth-order valence-electron chi connectivity index (χ4n) is 1.72. The van der Waals surface area contributed by atoms with E-state index in [0.29, 0.717) is 11.1 Å². The highest BCUT2D eigenvalue weighted by Gasteiger charge is 2.03. The molecular weight excluding hydrogens is 378 g/mol. The molecule has 11 nitrogen and oxygen atoms in total. The van der Waals surface area contributed by atoms with Gasteiger partial charge in [-0.15, -0.1) is 17.5 Å². The first kappa shape index (κ1) is 21.2. The van der Waals surface area contributed by atoms with Crippen LogP contribution in [0.1, 0.15) is 11.1 Å². The maximum Gasteiger partial charge on any atom is 0.269 e. The zero-order valence-corrected chi connectivity index (χ0v) is 14.4. The minimum absolute atomic E-state index is 0. The number of non-ortho nitro benzene ring substituents is 2. The predicted octanol–water partition coefficient (Wildman–Crippen LogP) is 2.20. The second-order valence-electron chi connectivity index (χ2n) is 4.80. The first-order valence-electron chi connectivity index (χ1n) is 7.10. The molecule has 2 rings (SSSR count). The second-order valence-corrected chi connectivity index (χ2v) is 4.80. The number of hydrogen-bond donors (Lipinski definition) is 2. The monoisotopic (exact) mass is 391 g/mol. The third-order valence-electron chi connectivity index (χ3n) is 2.97. The van der Waals surface area contributed by atoms with Crippen molar-refractivity contribution in [1.29, 1.82) is 0 Å². The Morgan fingerprint density at radius 2 is 1.33 bits per heavy atom. The number of nitro groups is 2. The van der Waals surface area contributed by atoms with Crippen molar-refractivity contribution in [2.75, 3.05) is 0 Å². The molecule has 0 bridgehead atoms. The van der Waals surface area contributed by atoms with E-state index >= 15 is 0 Å². The number of guanidine groups is 1. The highest BCUT2D eigenvalue weighted by atomic mass is 35.5. The summed E-state index contributed by atoms with van der Waals surface area (Å²) in [7, 11) is 0. The number of nitrogens with two attached hydrogens (primary N) is 1. The Labute approximate surface area is 159 Å². The highest BCUT2D eigenvalue weighted by molar-refractivity contribution is 5.85. The first-order valence-corrected chi connectivity index (χ1v) is 7.10. The standard InChI is InChI=1S/C15H13N7O4.ClH/c16-15(19-17-9-11-1-5-13(6-2-11)21(23)24)20-18-10-12-3-7-14(8-4-12)22(25)26;/h1-10H,(H3,16,19,20);1H/b17-9+,18-10+;. The second kappa shape index (κ2) is 10.2. The summed E-state index contributed by atoms with van der Waals surface area (Å²) in [6.07, 6.45) is 2.78. The largest absolute Gasteiger partial charge is 0.367 e. The molecule has 140 valence electrons. The summed E-state index contributed by atoms with van der Waals surface area (Å²) in [4.78, 5) is 20.1. The van der Waals surface area contributed by atoms with Gasteiger partial charge in [-0.25, -0.2) is 5.43 Å². The molecule has 0 aliphatic carbocycles. The molecule has 0 aromatic heterocycles. The number of rotatable bonds is 6. The molecule has 0 atom stereocenters. The van der Waals surface area contributed by atoms with Gasteiger partial charge in [0, 0.05) is 24.3 Å². The van der Waals surface area contributed by atoms with Gasteiger partial charge in [0.15, 0.2) is 0 Å². The SMILES string of the molecule is Cl.N/C(=N\N=C\c1ccc([N+](=O)[O-])cc1)N/N=C/c1ccc([N+](=O)[O-])cc1. The van der Waals surface area contributed by atoms with E-state index in [2.05, 4.69) is 20.7 Å². The van der Waals surface area contributed by atoms with Crippen LogP contribution in [0, 0.1) is 20.2 Å². The lowest BCUT2D eigenvalue weighted by atomic mass is 10.2. The Kier molecular flexibility index (Phi) is 8.01. The van der Waals surface area contributed by atoms with Crippen molar-refractivity contribution < 1.29 is 9.85 Å². The molecule has 0 saturated heterocycles. The summed E-state index contributed by atoms with van der Waals surface area (Å²) in [5, 5.41) is 32.3. The molecule has 0 aliphatic rings. The van der Waals surface area contributed by atoms with Crippen molar-refractivity contribution >= 4 is 42.2 Å². The fourth-order valence-corrected chi connectivity index (χ4v) is 1.72. The van der Waals surface area contributed by atoms with Crippen molar-refractivity contribution in [1.82, 2.24) is 5.43 Å². The smallest absolute Gasteiger partial charge is 0.269 e. The lowest BCUT2D eigenvalue weighted by Gasteiger charge is -1.96. The average Bonchev–Trinajstić information content (AvgIpc) is 2.62. The maximum atomic E-state index is 10.5.